The Morgan fingerprint density at radius 3 is 2.47 bits per heavy atom. The summed E-state index contributed by atoms with van der Waals surface area (Å²) < 4.78 is 19.3. The molecule has 0 saturated carbocycles. The fraction of sp³-hybridized carbons (Fsp3) is 0.280. The molecule has 7 heteroatoms. The highest BCUT2D eigenvalue weighted by Crippen LogP contribution is 2.39. The van der Waals surface area contributed by atoms with Gasteiger partial charge in [0.25, 0.3) is 5.91 Å². The zero-order chi connectivity index (χ0) is 22.8. The Balaban J connectivity index is 1.74. The zero-order valence-corrected chi connectivity index (χ0v) is 18.0. The molecular formula is C25H25FN2O4. The molecule has 0 bridgehead atoms. The fourth-order valence-electron chi connectivity index (χ4n) is 4.12. The largest absolute Gasteiger partial charge is 0.503 e. The number of amides is 1. The van der Waals surface area contributed by atoms with Crippen molar-refractivity contribution in [2.75, 3.05) is 26.2 Å². The van der Waals surface area contributed by atoms with Gasteiger partial charge in [0.15, 0.2) is 11.5 Å². The SMILES string of the molecule is CCN(CC)CCN1C(=O)C(O)=C(C(=O)c2cc3ccccc3o2)[C@@H]1c1ccc(F)cc1. The van der Waals surface area contributed by atoms with Gasteiger partial charge in [-0.25, -0.2) is 4.39 Å². The van der Waals surface area contributed by atoms with Crippen molar-refractivity contribution >= 4 is 22.7 Å². The number of furan rings is 1. The van der Waals surface area contributed by atoms with Gasteiger partial charge in [-0.05, 0) is 42.9 Å². The summed E-state index contributed by atoms with van der Waals surface area (Å²) in [6, 6.07) is 13.6. The van der Waals surface area contributed by atoms with Crippen LogP contribution in [-0.2, 0) is 4.79 Å². The Bertz CT molecular complexity index is 1150. The average molecular weight is 436 g/mol. The highest BCUT2D eigenvalue weighted by Gasteiger charge is 2.44. The first-order valence-corrected chi connectivity index (χ1v) is 10.7. The molecule has 1 aliphatic heterocycles. The van der Waals surface area contributed by atoms with Gasteiger partial charge in [-0.1, -0.05) is 44.2 Å². The van der Waals surface area contributed by atoms with Gasteiger partial charge in [-0.2, -0.15) is 0 Å². The molecule has 4 rings (SSSR count). The minimum absolute atomic E-state index is 0.0401. The second-order valence-corrected chi connectivity index (χ2v) is 7.72. The number of para-hydroxylation sites is 1. The van der Waals surface area contributed by atoms with E-state index in [1.165, 1.54) is 29.2 Å². The Hall–Kier alpha value is -3.45. The third-order valence-electron chi connectivity index (χ3n) is 5.93. The van der Waals surface area contributed by atoms with E-state index in [0.717, 1.165) is 18.5 Å². The molecule has 166 valence electrons. The molecule has 1 atom stereocenters. The number of hydrogen-bond donors (Lipinski definition) is 1. The standard InChI is InChI=1S/C25H25FN2O4/c1-3-27(4-2)13-14-28-22(16-9-11-18(26)12-10-16)21(24(30)25(28)31)23(29)20-15-17-7-5-6-8-19(17)32-20/h5-12,15,22,30H,3-4,13-14H2,1-2H3/t22-/m0/s1. The molecule has 0 unspecified atom stereocenters. The number of hydrogen-bond acceptors (Lipinski definition) is 5. The number of rotatable bonds is 8. The van der Waals surface area contributed by atoms with Crippen molar-refractivity contribution in [2.24, 2.45) is 0 Å². The number of carbonyl (C=O) groups excluding carboxylic acids is 2. The summed E-state index contributed by atoms with van der Waals surface area (Å²) in [5.74, 6) is -2.16. The van der Waals surface area contributed by atoms with Gasteiger partial charge in [-0.3, -0.25) is 9.59 Å². The number of likely N-dealkylation sites (N-methyl/N-ethyl adjacent to an activating group) is 1. The Morgan fingerprint density at radius 2 is 1.81 bits per heavy atom. The molecule has 2 aromatic carbocycles. The summed E-state index contributed by atoms with van der Waals surface area (Å²) in [6.45, 7) is 6.56. The molecule has 0 radical (unpaired) electrons. The van der Waals surface area contributed by atoms with Crippen LogP contribution in [0.1, 0.15) is 36.0 Å². The number of carbonyl (C=O) groups is 2. The minimum Gasteiger partial charge on any atom is -0.503 e. The lowest BCUT2D eigenvalue weighted by atomic mass is 9.95. The predicted molar refractivity (Wildman–Crippen MR) is 119 cm³/mol. The number of aliphatic hydroxyl groups is 1. The van der Waals surface area contributed by atoms with Gasteiger partial charge < -0.3 is 19.3 Å². The second kappa shape index (κ2) is 8.96. The maximum atomic E-state index is 13.6. The first-order chi connectivity index (χ1) is 15.4. The molecule has 32 heavy (non-hydrogen) atoms. The van der Waals surface area contributed by atoms with Crippen molar-refractivity contribution in [3.63, 3.8) is 0 Å². The molecule has 1 amide bonds. The highest BCUT2D eigenvalue weighted by atomic mass is 19.1. The quantitative estimate of drug-likeness (QED) is 0.527. The van der Waals surface area contributed by atoms with Gasteiger partial charge in [0.1, 0.15) is 11.4 Å². The van der Waals surface area contributed by atoms with Crippen LogP contribution in [0.5, 0.6) is 0 Å². The molecule has 1 N–H and O–H groups in total. The fourth-order valence-corrected chi connectivity index (χ4v) is 4.12. The Kier molecular flexibility index (Phi) is 6.10. The van der Waals surface area contributed by atoms with Crippen LogP contribution in [0.15, 0.2) is 70.3 Å². The lowest BCUT2D eigenvalue weighted by Gasteiger charge is -2.29. The second-order valence-electron chi connectivity index (χ2n) is 7.72. The smallest absolute Gasteiger partial charge is 0.290 e. The van der Waals surface area contributed by atoms with Crippen molar-refractivity contribution in [1.29, 1.82) is 0 Å². The highest BCUT2D eigenvalue weighted by molar-refractivity contribution is 6.16. The summed E-state index contributed by atoms with van der Waals surface area (Å²) in [5, 5.41) is 11.5. The van der Waals surface area contributed by atoms with Crippen LogP contribution >= 0.6 is 0 Å². The minimum atomic E-state index is -0.834. The lowest BCUT2D eigenvalue weighted by Crippen LogP contribution is -2.38. The number of nitrogens with zero attached hydrogens (tertiary/aromatic N) is 2. The van der Waals surface area contributed by atoms with E-state index >= 15 is 0 Å². The predicted octanol–water partition coefficient (Wildman–Crippen LogP) is 4.49. The van der Waals surface area contributed by atoms with E-state index in [9.17, 15) is 19.1 Å². The van der Waals surface area contributed by atoms with Gasteiger partial charge >= 0.3 is 0 Å². The van der Waals surface area contributed by atoms with Crippen LogP contribution in [0.25, 0.3) is 11.0 Å². The molecule has 1 aliphatic rings. The number of benzene rings is 2. The summed E-state index contributed by atoms with van der Waals surface area (Å²) in [5.41, 5.74) is 1.03. The van der Waals surface area contributed by atoms with E-state index in [2.05, 4.69) is 4.90 Å². The normalized spacial score (nSPS) is 16.6. The third kappa shape index (κ3) is 3.91. The summed E-state index contributed by atoms with van der Waals surface area (Å²) >= 11 is 0. The van der Waals surface area contributed by atoms with E-state index in [4.69, 9.17) is 4.42 Å². The van der Waals surface area contributed by atoms with Crippen LogP contribution in [0.2, 0.25) is 0 Å². The summed E-state index contributed by atoms with van der Waals surface area (Å²) in [6.07, 6.45) is 0. The van der Waals surface area contributed by atoms with Gasteiger partial charge in [0.2, 0.25) is 5.78 Å². The van der Waals surface area contributed by atoms with Crippen LogP contribution in [0.4, 0.5) is 4.39 Å². The maximum absolute atomic E-state index is 13.6. The molecule has 0 spiro atoms. The lowest BCUT2D eigenvalue weighted by molar-refractivity contribution is -0.129. The van der Waals surface area contributed by atoms with Crippen LogP contribution < -0.4 is 0 Å². The van der Waals surface area contributed by atoms with Gasteiger partial charge in [-0.15, -0.1) is 0 Å². The molecular weight excluding hydrogens is 411 g/mol. The first kappa shape index (κ1) is 21.8. The molecule has 1 aromatic heterocycles. The third-order valence-corrected chi connectivity index (χ3v) is 5.93. The molecule has 0 saturated heterocycles. The molecule has 0 fully saturated rings. The first-order valence-electron chi connectivity index (χ1n) is 10.7. The Labute approximate surface area is 185 Å². The van der Waals surface area contributed by atoms with Gasteiger partial charge in [0.05, 0.1) is 11.6 Å². The van der Waals surface area contributed by atoms with E-state index in [-0.39, 0.29) is 11.3 Å². The summed E-state index contributed by atoms with van der Waals surface area (Å²) in [7, 11) is 0. The maximum Gasteiger partial charge on any atom is 0.290 e. The summed E-state index contributed by atoms with van der Waals surface area (Å²) in [4.78, 5) is 30.1. The van der Waals surface area contributed by atoms with E-state index < -0.39 is 29.3 Å². The van der Waals surface area contributed by atoms with Crippen molar-refractivity contribution in [3.05, 3.63) is 83.1 Å². The topological polar surface area (TPSA) is 74.0 Å². The number of Topliss-reactive ketones (excluding diaryl/α,β-unsaturated/α-hetero) is 1. The molecule has 3 aromatic rings. The van der Waals surface area contributed by atoms with Crippen LogP contribution in [0, 0.1) is 5.82 Å². The zero-order valence-electron chi connectivity index (χ0n) is 18.0. The van der Waals surface area contributed by atoms with Crippen molar-refractivity contribution < 1.29 is 23.5 Å². The Morgan fingerprint density at radius 1 is 1.12 bits per heavy atom. The number of aliphatic hydroxyl groups excluding tert-OH is 1. The number of fused-ring (bicyclic) bond motifs is 1. The van der Waals surface area contributed by atoms with Crippen molar-refractivity contribution in [1.82, 2.24) is 9.80 Å². The van der Waals surface area contributed by atoms with Crippen molar-refractivity contribution in [3.8, 4) is 0 Å². The van der Waals surface area contributed by atoms with Crippen LogP contribution in [-0.4, -0.2) is 52.8 Å². The molecule has 0 aliphatic carbocycles. The average Bonchev–Trinajstić information content (AvgIpc) is 3.34. The van der Waals surface area contributed by atoms with Crippen LogP contribution in [0.3, 0.4) is 0 Å². The van der Waals surface area contributed by atoms with E-state index in [1.807, 2.05) is 26.0 Å². The molecule has 6 nitrogen and oxygen atoms in total. The van der Waals surface area contributed by atoms with E-state index in [1.54, 1.807) is 18.2 Å². The number of ketones is 1. The molecule has 2 heterocycles. The number of halogens is 1. The van der Waals surface area contributed by atoms with E-state index in [0.29, 0.717) is 24.2 Å². The van der Waals surface area contributed by atoms with Gasteiger partial charge in [0, 0.05) is 18.5 Å². The van der Waals surface area contributed by atoms with Crippen molar-refractivity contribution in [2.45, 2.75) is 19.9 Å². The monoisotopic (exact) mass is 436 g/mol.